The molecule has 0 aromatic heterocycles. The molecule has 0 saturated carbocycles. The van der Waals surface area contributed by atoms with Crippen LogP contribution in [-0.2, 0) is 4.79 Å². The Labute approximate surface area is 105 Å². The number of benzene rings is 1. The number of carboxylic acid groups (broad SMARTS) is 1. The number of rotatable bonds is 2. The highest BCUT2D eigenvalue weighted by atomic mass is 79.9. The molecule has 1 aliphatic rings. The normalized spacial score (nSPS) is 13.3. The maximum atomic E-state index is 10.8. The van der Waals surface area contributed by atoms with Crippen molar-refractivity contribution < 1.29 is 19.4 Å². The molecule has 0 radical (unpaired) electrons. The second-order valence-electron chi connectivity index (χ2n) is 3.17. The van der Waals surface area contributed by atoms with Crippen molar-refractivity contribution in [2.75, 3.05) is 6.79 Å². The molecule has 0 spiro atoms. The summed E-state index contributed by atoms with van der Waals surface area (Å²) < 4.78 is 11.0. The van der Waals surface area contributed by atoms with Crippen molar-refractivity contribution in [1.29, 1.82) is 5.26 Å². The van der Waals surface area contributed by atoms with Gasteiger partial charge >= 0.3 is 5.97 Å². The third-order valence-corrected chi connectivity index (χ3v) is 2.86. The Morgan fingerprint density at radius 1 is 1.53 bits per heavy atom. The van der Waals surface area contributed by atoms with Crippen molar-refractivity contribution in [3.63, 3.8) is 0 Å². The zero-order chi connectivity index (χ0) is 12.4. The van der Waals surface area contributed by atoms with Gasteiger partial charge in [-0.15, -0.1) is 0 Å². The van der Waals surface area contributed by atoms with Crippen LogP contribution in [0.4, 0.5) is 0 Å². The van der Waals surface area contributed by atoms with Crippen LogP contribution in [0.3, 0.4) is 0 Å². The van der Waals surface area contributed by atoms with Crippen LogP contribution in [-0.4, -0.2) is 17.9 Å². The topological polar surface area (TPSA) is 79.5 Å². The van der Waals surface area contributed by atoms with Gasteiger partial charge in [0, 0.05) is 10.0 Å². The van der Waals surface area contributed by atoms with E-state index < -0.39 is 5.97 Å². The van der Waals surface area contributed by atoms with Crippen LogP contribution in [0, 0.1) is 11.3 Å². The number of hydrogen-bond donors (Lipinski definition) is 1. The minimum absolute atomic E-state index is 0.0849. The molecule has 1 aromatic rings. The van der Waals surface area contributed by atoms with Crippen LogP contribution in [0.25, 0.3) is 6.08 Å². The first kappa shape index (κ1) is 11.5. The smallest absolute Gasteiger partial charge is 0.346 e. The van der Waals surface area contributed by atoms with Gasteiger partial charge < -0.3 is 14.6 Å². The van der Waals surface area contributed by atoms with Crippen LogP contribution in [0.15, 0.2) is 22.2 Å². The lowest BCUT2D eigenvalue weighted by molar-refractivity contribution is -0.132. The minimum Gasteiger partial charge on any atom is -0.477 e. The number of halogens is 1. The third-order valence-electron chi connectivity index (χ3n) is 2.16. The molecule has 1 N–H and O–H groups in total. The second kappa shape index (κ2) is 4.47. The molecule has 1 aliphatic heterocycles. The summed E-state index contributed by atoms with van der Waals surface area (Å²) in [6.45, 7) is 0.0849. The molecule has 0 atom stereocenters. The summed E-state index contributed by atoms with van der Waals surface area (Å²) in [5.41, 5.74) is 0.119. The summed E-state index contributed by atoms with van der Waals surface area (Å²) in [6.07, 6.45) is 1.25. The molecule has 0 bridgehead atoms. The van der Waals surface area contributed by atoms with Crippen molar-refractivity contribution >= 4 is 28.0 Å². The molecule has 0 fully saturated rings. The van der Waals surface area contributed by atoms with Gasteiger partial charge in [0.2, 0.25) is 6.79 Å². The number of nitrogens with zero attached hydrogens (tertiary/aromatic N) is 1. The lowest BCUT2D eigenvalue weighted by atomic mass is 10.1. The van der Waals surface area contributed by atoms with Crippen molar-refractivity contribution in [3.05, 3.63) is 27.7 Å². The van der Waals surface area contributed by atoms with Crippen molar-refractivity contribution in [2.45, 2.75) is 0 Å². The fourth-order valence-corrected chi connectivity index (χ4v) is 1.82. The van der Waals surface area contributed by atoms with Crippen LogP contribution < -0.4 is 9.47 Å². The van der Waals surface area contributed by atoms with Gasteiger partial charge in [-0.1, -0.05) is 15.9 Å². The highest BCUT2D eigenvalue weighted by molar-refractivity contribution is 9.10. The predicted octanol–water partition coefficient (Wildman–Crippen LogP) is 2.17. The van der Waals surface area contributed by atoms with Crippen LogP contribution in [0.5, 0.6) is 11.5 Å². The number of fused-ring (bicyclic) bond motifs is 1. The maximum absolute atomic E-state index is 10.8. The average Bonchev–Trinajstić information content (AvgIpc) is 2.75. The number of carboxylic acids is 1. The molecule has 6 heteroatoms. The number of aliphatic carboxylic acids is 1. The molecular formula is C11H6BrNO4. The summed E-state index contributed by atoms with van der Waals surface area (Å²) in [7, 11) is 0. The van der Waals surface area contributed by atoms with E-state index in [1.54, 1.807) is 18.2 Å². The lowest BCUT2D eigenvalue weighted by Gasteiger charge is -2.04. The van der Waals surface area contributed by atoms with Gasteiger partial charge in [0.05, 0.1) is 0 Å². The lowest BCUT2D eigenvalue weighted by Crippen LogP contribution is -1.98. The molecule has 86 valence electrons. The maximum Gasteiger partial charge on any atom is 0.346 e. The Bertz CT molecular complexity index is 559. The first-order valence-electron chi connectivity index (χ1n) is 4.56. The molecule has 0 amide bonds. The summed E-state index contributed by atoms with van der Waals surface area (Å²) in [6, 6.07) is 5.02. The summed E-state index contributed by atoms with van der Waals surface area (Å²) in [5.74, 6) is -0.313. The first-order chi connectivity index (χ1) is 8.13. The van der Waals surface area contributed by atoms with E-state index in [0.29, 0.717) is 21.5 Å². The van der Waals surface area contributed by atoms with Crippen molar-refractivity contribution in [1.82, 2.24) is 0 Å². The molecule has 1 heterocycles. The molecule has 2 rings (SSSR count). The van der Waals surface area contributed by atoms with E-state index >= 15 is 0 Å². The Hall–Kier alpha value is -2.00. The summed E-state index contributed by atoms with van der Waals surface area (Å²) in [5, 5.41) is 17.5. The summed E-state index contributed by atoms with van der Waals surface area (Å²) >= 11 is 3.27. The highest BCUT2D eigenvalue weighted by Gasteiger charge is 2.20. The van der Waals surface area contributed by atoms with Crippen LogP contribution in [0.1, 0.15) is 5.56 Å². The zero-order valence-corrected chi connectivity index (χ0v) is 10.0. The molecule has 0 aliphatic carbocycles. The third kappa shape index (κ3) is 2.10. The largest absolute Gasteiger partial charge is 0.477 e. The van der Waals surface area contributed by atoms with E-state index in [1.807, 2.05) is 0 Å². The quantitative estimate of drug-likeness (QED) is 0.668. The van der Waals surface area contributed by atoms with Gasteiger partial charge in [0.25, 0.3) is 0 Å². The van der Waals surface area contributed by atoms with Gasteiger partial charge in [0.1, 0.15) is 11.6 Å². The van der Waals surface area contributed by atoms with E-state index in [-0.39, 0.29) is 12.4 Å². The Balaban J connectivity index is 2.57. The molecule has 5 nitrogen and oxygen atoms in total. The minimum atomic E-state index is -1.28. The fraction of sp³-hybridized carbons (Fsp3) is 0.0909. The molecule has 1 aromatic carbocycles. The number of ether oxygens (including phenoxy) is 2. The second-order valence-corrected chi connectivity index (χ2v) is 4.02. The first-order valence-corrected chi connectivity index (χ1v) is 5.36. The van der Waals surface area contributed by atoms with Gasteiger partial charge in [0.15, 0.2) is 11.5 Å². The molecule has 0 unspecified atom stereocenters. The van der Waals surface area contributed by atoms with Gasteiger partial charge in [-0.3, -0.25) is 0 Å². The monoisotopic (exact) mass is 295 g/mol. The zero-order valence-electron chi connectivity index (χ0n) is 8.44. The van der Waals surface area contributed by atoms with E-state index in [2.05, 4.69) is 15.9 Å². The van der Waals surface area contributed by atoms with E-state index in [9.17, 15) is 4.79 Å². The number of nitriles is 1. The average molecular weight is 296 g/mol. The van der Waals surface area contributed by atoms with E-state index in [1.165, 1.54) is 6.08 Å². The highest BCUT2D eigenvalue weighted by Crippen LogP contribution is 2.40. The Morgan fingerprint density at radius 3 is 2.94 bits per heavy atom. The van der Waals surface area contributed by atoms with Crippen LogP contribution in [0.2, 0.25) is 0 Å². The van der Waals surface area contributed by atoms with Gasteiger partial charge in [-0.05, 0) is 18.2 Å². The van der Waals surface area contributed by atoms with Crippen molar-refractivity contribution in [3.8, 4) is 17.6 Å². The Kier molecular flexibility index (Phi) is 3.02. The fourth-order valence-electron chi connectivity index (χ4n) is 1.39. The number of carbonyl (C=O) groups is 1. The molecule has 17 heavy (non-hydrogen) atoms. The van der Waals surface area contributed by atoms with E-state index in [0.717, 1.165) is 0 Å². The van der Waals surface area contributed by atoms with Crippen LogP contribution >= 0.6 is 15.9 Å². The van der Waals surface area contributed by atoms with E-state index in [4.69, 9.17) is 19.8 Å². The predicted molar refractivity (Wildman–Crippen MR) is 61.5 cm³/mol. The standard InChI is InChI=1S/C11H6BrNO4/c12-8-1-2-9-10(17-5-16-9)7(8)3-6(4-13)11(14)15/h1-3H,5H2,(H,14,15)/b6-3+. The number of hydrogen-bond acceptors (Lipinski definition) is 4. The Morgan fingerprint density at radius 2 is 2.29 bits per heavy atom. The SMILES string of the molecule is N#C/C(=C\c1c(Br)ccc2c1OCO2)C(=O)O. The van der Waals surface area contributed by atoms with Gasteiger partial charge in [-0.2, -0.15) is 5.26 Å². The van der Waals surface area contributed by atoms with Crippen molar-refractivity contribution in [2.24, 2.45) is 0 Å². The molecular weight excluding hydrogens is 290 g/mol. The summed E-state index contributed by atoms with van der Waals surface area (Å²) in [4.78, 5) is 10.8. The van der Waals surface area contributed by atoms with Gasteiger partial charge in [-0.25, -0.2) is 4.79 Å². The molecule has 0 saturated heterocycles.